The van der Waals surface area contributed by atoms with Crippen LogP contribution in [0.5, 0.6) is 5.75 Å². The van der Waals surface area contributed by atoms with Crippen LogP contribution in [-0.2, 0) is 6.54 Å². The van der Waals surface area contributed by atoms with Gasteiger partial charge >= 0.3 is 0 Å². The van der Waals surface area contributed by atoms with Crippen LogP contribution in [0.15, 0.2) is 22.7 Å². The molecule has 0 spiro atoms. The molecule has 2 atom stereocenters. The molecule has 0 aliphatic carbocycles. The highest BCUT2D eigenvalue weighted by atomic mass is 79.9. The number of ether oxygens (including phenoxy) is 1. The maximum Gasteiger partial charge on any atom is 0.123 e. The molecule has 1 aromatic carbocycles. The molecule has 2 rings (SSSR count). The fourth-order valence-corrected chi connectivity index (χ4v) is 3.32. The minimum atomic E-state index is 0.563. The van der Waals surface area contributed by atoms with Gasteiger partial charge in [0.05, 0.1) is 7.11 Å². The Bertz CT molecular complexity index is 464. The number of halogens is 1. The fraction of sp³-hybridized carbons (Fsp3) is 0.647. The lowest BCUT2D eigenvalue weighted by Crippen LogP contribution is -2.42. The summed E-state index contributed by atoms with van der Waals surface area (Å²) >= 11 is 3.57. The van der Waals surface area contributed by atoms with E-state index in [4.69, 9.17) is 4.74 Å². The number of nitrogens with one attached hydrogen (secondary N) is 1. The first-order valence-corrected chi connectivity index (χ1v) is 8.60. The quantitative estimate of drug-likeness (QED) is 0.892. The lowest BCUT2D eigenvalue weighted by molar-refractivity contribution is 0.182. The largest absolute Gasteiger partial charge is 0.496 e. The molecule has 21 heavy (non-hydrogen) atoms. The van der Waals surface area contributed by atoms with Crippen molar-refractivity contribution in [2.75, 3.05) is 20.2 Å². The number of hydrogen-bond acceptors (Lipinski definition) is 3. The monoisotopic (exact) mass is 354 g/mol. The van der Waals surface area contributed by atoms with Crippen LogP contribution in [0, 0.1) is 5.92 Å². The van der Waals surface area contributed by atoms with E-state index in [2.05, 4.69) is 53.0 Å². The Hall–Kier alpha value is -0.580. The van der Waals surface area contributed by atoms with Crippen LogP contribution in [0.4, 0.5) is 0 Å². The molecule has 1 N–H and O–H groups in total. The van der Waals surface area contributed by atoms with E-state index in [-0.39, 0.29) is 0 Å². The predicted octanol–water partition coefficient (Wildman–Crippen LogP) is 3.67. The molecule has 118 valence electrons. The summed E-state index contributed by atoms with van der Waals surface area (Å²) in [5.41, 5.74) is 1.25. The molecule has 0 amide bonds. The van der Waals surface area contributed by atoms with E-state index in [9.17, 15) is 0 Å². The van der Waals surface area contributed by atoms with Crippen molar-refractivity contribution in [3.63, 3.8) is 0 Å². The van der Waals surface area contributed by atoms with Gasteiger partial charge in [0.2, 0.25) is 0 Å². The van der Waals surface area contributed by atoms with Gasteiger partial charge in [0.25, 0.3) is 0 Å². The molecule has 1 fully saturated rings. The Kier molecular flexibility index (Phi) is 6.08. The third-order valence-corrected chi connectivity index (χ3v) is 4.94. The molecule has 1 aromatic rings. The zero-order chi connectivity index (χ0) is 15.4. The third kappa shape index (κ3) is 4.44. The lowest BCUT2D eigenvalue weighted by atomic mass is 10.0. The molecule has 0 radical (unpaired) electrons. The van der Waals surface area contributed by atoms with Crippen molar-refractivity contribution in [1.29, 1.82) is 0 Å². The maximum absolute atomic E-state index is 5.52. The summed E-state index contributed by atoms with van der Waals surface area (Å²) in [6, 6.07) is 7.40. The van der Waals surface area contributed by atoms with Gasteiger partial charge in [0.15, 0.2) is 0 Å². The van der Waals surface area contributed by atoms with Crippen molar-refractivity contribution in [3.05, 3.63) is 28.2 Å². The van der Waals surface area contributed by atoms with Crippen LogP contribution in [0.1, 0.15) is 32.8 Å². The van der Waals surface area contributed by atoms with Crippen molar-refractivity contribution in [1.82, 2.24) is 10.2 Å². The van der Waals surface area contributed by atoms with Gasteiger partial charge in [-0.15, -0.1) is 0 Å². The summed E-state index contributed by atoms with van der Waals surface area (Å²) < 4.78 is 6.63. The Balaban J connectivity index is 2.17. The van der Waals surface area contributed by atoms with Gasteiger partial charge < -0.3 is 10.1 Å². The zero-order valence-electron chi connectivity index (χ0n) is 13.5. The molecule has 3 nitrogen and oxygen atoms in total. The van der Waals surface area contributed by atoms with Gasteiger partial charge in [-0.2, -0.15) is 0 Å². The minimum absolute atomic E-state index is 0.563. The molecule has 1 saturated heterocycles. The molecule has 0 bridgehead atoms. The standard InChI is InChI=1S/C17H27BrN2O/c1-12(2)16-11-20(13(3)7-8-19-16)10-14-9-15(18)5-6-17(14)21-4/h5-6,9,12-13,16,19H,7-8,10-11H2,1-4H3. The molecular formula is C17H27BrN2O. The molecule has 1 aliphatic rings. The first-order chi connectivity index (χ1) is 10.0. The Morgan fingerprint density at radius 1 is 1.43 bits per heavy atom. The molecular weight excluding hydrogens is 328 g/mol. The molecule has 4 heteroatoms. The van der Waals surface area contributed by atoms with E-state index >= 15 is 0 Å². The van der Waals surface area contributed by atoms with Crippen molar-refractivity contribution in [2.45, 2.75) is 45.8 Å². The second kappa shape index (κ2) is 7.61. The Labute approximate surface area is 137 Å². The van der Waals surface area contributed by atoms with E-state index in [1.165, 1.54) is 12.0 Å². The van der Waals surface area contributed by atoms with Crippen LogP contribution in [0.2, 0.25) is 0 Å². The van der Waals surface area contributed by atoms with Crippen LogP contribution in [0.25, 0.3) is 0 Å². The molecule has 1 heterocycles. The van der Waals surface area contributed by atoms with E-state index in [1.54, 1.807) is 7.11 Å². The summed E-state index contributed by atoms with van der Waals surface area (Å²) in [6.45, 7) is 10.1. The molecule has 2 unspecified atom stereocenters. The minimum Gasteiger partial charge on any atom is -0.496 e. The first kappa shape index (κ1) is 16.8. The number of methoxy groups -OCH3 is 1. The lowest BCUT2D eigenvalue weighted by Gasteiger charge is -2.31. The van der Waals surface area contributed by atoms with Crippen LogP contribution in [-0.4, -0.2) is 37.2 Å². The van der Waals surface area contributed by atoms with Crippen LogP contribution < -0.4 is 10.1 Å². The van der Waals surface area contributed by atoms with Crippen molar-refractivity contribution < 1.29 is 4.74 Å². The van der Waals surface area contributed by atoms with Gasteiger partial charge in [-0.05, 0) is 44.0 Å². The summed E-state index contributed by atoms with van der Waals surface area (Å²) in [4.78, 5) is 2.58. The summed E-state index contributed by atoms with van der Waals surface area (Å²) in [5, 5.41) is 3.69. The van der Waals surface area contributed by atoms with Crippen molar-refractivity contribution >= 4 is 15.9 Å². The highest BCUT2D eigenvalue weighted by molar-refractivity contribution is 9.10. The van der Waals surface area contributed by atoms with Crippen LogP contribution in [0.3, 0.4) is 0 Å². The Morgan fingerprint density at radius 2 is 2.19 bits per heavy atom. The Morgan fingerprint density at radius 3 is 2.86 bits per heavy atom. The van der Waals surface area contributed by atoms with E-state index in [1.807, 2.05) is 12.1 Å². The van der Waals surface area contributed by atoms with Gasteiger partial charge in [-0.25, -0.2) is 0 Å². The van der Waals surface area contributed by atoms with E-state index < -0.39 is 0 Å². The summed E-state index contributed by atoms with van der Waals surface area (Å²) in [7, 11) is 1.75. The second-order valence-electron chi connectivity index (χ2n) is 6.33. The SMILES string of the molecule is COc1ccc(Br)cc1CN1CC(C(C)C)NCCC1C. The van der Waals surface area contributed by atoms with E-state index in [0.29, 0.717) is 18.0 Å². The normalized spacial score (nSPS) is 24.1. The number of hydrogen-bond donors (Lipinski definition) is 1. The number of rotatable bonds is 4. The van der Waals surface area contributed by atoms with Crippen molar-refractivity contribution in [2.24, 2.45) is 5.92 Å². The highest BCUT2D eigenvalue weighted by Crippen LogP contribution is 2.26. The predicted molar refractivity (Wildman–Crippen MR) is 91.8 cm³/mol. The average molecular weight is 355 g/mol. The number of benzene rings is 1. The molecule has 0 aromatic heterocycles. The zero-order valence-corrected chi connectivity index (χ0v) is 15.1. The van der Waals surface area contributed by atoms with Gasteiger partial charge in [-0.3, -0.25) is 4.90 Å². The topological polar surface area (TPSA) is 24.5 Å². The summed E-state index contributed by atoms with van der Waals surface area (Å²) in [5.74, 6) is 1.63. The highest BCUT2D eigenvalue weighted by Gasteiger charge is 2.25. The summed E-state index contributed by atoms with van der Waals surface area (Å²) in [6.07, 6.45) is 1.19. The second-order valence-corrected chi connectivity index (χ2v) is 7.24. The van der Waals surface area contributed by atoms with Gasteiger partial charge in [0, 0.05) is 35.2 Å². The van der Waals surface area contributed by atoms with Crippen molar-refractivity contribution in [3.8, 4) is 5.75 Å². The van der Waals surface area contributed by atoms with E-state index in [0.717, 1.165) is 29.9 Å². The van der Waals surface area contributed by atoms with Crippen LogP contribution >= 0.6 is 15.9 Å². The van der Waals surface area contributed by atoms with Gasteiger partial charge in [-0.1, -0.05) is 29.8 Å². The average Bonchev–Trinajstić information content (AvgIpc) is 2.62. The maximum atomic E-state index is 5.52. The fourth-order valence-electron chi connectivity index (χ4n) is 2.91. The first-order valence-electron chi connectivity index (χ1n) is 7.81. The molecule has 0 saturated carbocycles. The third-order valence-electron chi connectivity index (χ3n) is 4.44. The van der Waals surface area contributed by atoms with Gasteiger partial charge in [0.1, 0.15) is 5.75 Å². The number of nitrogens with zero attached hydrogens (tertiary/aromatic N) is 1. The molecule has 1 aliphatic heterocycles. The smallest absolute Gasteiger partial charge is 0.123 e.